The van der Waals surface area contributed by atoms with Gasteiger partial charge in [0, 0.05) is 26.1 Å². The summed E-state index contributed by atoms with van der Waals surface area (Å²) in [5.74, 6) is 0.655. The van der Waals surface area contributed by atoms with E-state index in [1.807, 2.05) is 11.3 Å². The van der Waals surface area contributed by atoms with E-state index in [2.05, 4.69) is 218 Å². The van der Waals surface area contributed by atoms with E-state index >= 15 is 0 Å². The Bertz CT molecular complexity index is 3180. The van der Waals surface area contributed by atoms with Crippen molar-refractivity contribution in [2.45, 2.75) is 36.5 Å². The SMILES string of the molecule is c1ccc(CC(Cc2ccc3c(c2)-c2ccccc2CC3c2ccccc2)c2ccc3sc4c(C5(c6ccccc6)c6ccccc6-c6ccccc65)cccc4c3c2)cc1. The van der Waals surface area contributed by atoms with Gasteiger partial charge in [-0.2, -0.15) is 0 Å². The van der Waals surface area contributed by atoms with E-state index in [9.17, 15) is 0 Å². The fourth-order valence-corrected chi connectivity index (χ4v) is 12.3. The van der Waals surface area contributed by atoms with Crippen LogP contribution in [-0.4, -0.2) is 0 Å². The average Bonchev–Trinajstić information content (AvgIpc) is 3.86. The van der Waals surface area contributed by atoms with E-state index in [0.717, 1.165) is 19.3 Å². The molecule has 0 aliphatic heterocycles. The van der Waals surface area contributed by atoms with Gasteiger partial charge in [-0.15, -0.1) is 11.3 Å². The van der Waals surface area contributed by atoms with Gasteiger partial charge in [0.2, 0.25) is 0 Å². The number of hydrogen-bond acceptors (Lipinski definition) is 1. The van der Waals surface area contributed by atoms with Crippen LogP contribution in [0.1, 0.15) is 67.5 Å². The Morgan fingerprint density at radius 3 is 1.84 bits per heavy atom. The first-order valence-electron chi connectivity index (χ1n) is 21.7. The van der Waals surface area contributed by atoms with Crippen LogP contribution < -0.4 is 0 Å². The summed E-state index contributed by atoms with van der Waals surface area (Å²) < 4.78 is 2.70. The van der Waals surface area contributed by atoms with Crippen molar-refractivity contribution in [1.29, 1.82) is 0 Å². The van der Waals surface area contributed by atoms with Crippen molar-refractivity contribution >= 4 is 31.5 Å². The third kappa shape index (κ3) is 5.87. The summed E-state index contributed by atoms with van der Waals surface area (Å²) >= 11 is 1.95. The maximum Gasteiger partial charge on any atom is 0.0727 e. The Hall–Kier alpha value is -6.80. The third-order valence-corrected chi connectivity index (χ3v) is 15.0. The van der Waals surface area contributed by atoms with E-state index in [1.54, 1.807) is 0 Å². The molecule has 0 radical (unpaired) electrons. The number of fused-ring (bicyclic) bond motifs is 9. The van der Waals surface area contributed by atoms with Crippen LogP contribution >= 0.6 is 11.3 Å². The number of thiophene rings is 1. The van der Waals surface area contributed by atoms with Crippen molar-refractivity contribution < 1.29 is 0 Å². The molecule has 1 heteroatoms. The van der Waals surface area contributed by atoms with Crippen LogP contribution in [-0.2, 0) is 24.7 Å². The Kier molecular flexibility index (Phi) is 8.71. The lowest BCUT2D eigenvalue weighted by Gasteiger charge is -2.34. The highest BCUT2D eigenvalue weighted by Gasteiger charge is 2.47. The van der Waals surface area contributed by atoms with Crippen LogP contribution in [0, 0.1) is 0 Å². The number of hydrogen-bond donors (Lipinski definition) is 0. The maximum atomic E-state index is 2.54. The van der Waals surface area contributed by atoms with Gasteiger partial charge in [-0.1, -0.05) is 206 Å². The molecule has 10 aromatic rings. The summed E-state index contributed by atoms with van der Waals surface area (Å²) in [6.07, 6.45) is 2.97. The van der Waals surface area contributed by atoms with E-state index < -0.39 is 5.41 Å². The van der Waals surface area contributed by atoms with E-state index in [-0.39, 0.29) is 0 Å². The Morgan fingerprint density at radius 1 is 0.459 bits per heavy atom. The first-order chi connectivity index (χ1) is 30.2. The lowest BCUT2D eigenvalue weighted by atomic mass is 9.67. The first-order valence-corrected chi connectivity index (χ1v) is 22.6. The minimum Gasteiger partial charge on any atom is -0.135 e. The van der Waals surface area contributed by atoms with Crippen molar-refractivity contribution in [3.8, 4) is 22.3 Å². The maximum absolute atomic E-state index is 2.54. The summed E-state index contributed by atoms with van der Waals surface area (Å²) in [6.45, 7) is 0. The second-order valence-corrected chi connectivity index (χ2v) is 18.1. The quantitative estimate of drug-likeness (QED) is 0.144. The number of rotatable bonds is 8. The highest BCUT2D eigenvalue weighted by atomic mass is 32.1. The van der Waals surface area contributed by atoms with Crippen molar-refractivity contribution in [3.05, 3.63) is 274 Å². The van der Waals surface area contributed by atoms with Gasteiger partial charge in [0.25, 0.3) is 0 Å². The average molecular weight is 797 g/mol. The second kappa shape index (κ2) is 14.7. The zero-order valence-corrected chi connectivity index (χ0v) is 34.8. The topological polar surface area (TPSA) is 0 Å². The van der Waals surface area contributed by atoms with Crippen molar-refractivity contribution in [2.24, 2.45) is 0 Å². The van der Waals surface area contributed by atoms with Gasteiger partial charge in [0.05, 0.1) is 5.41 Å². The normalized spacial score (nSPS) is 15.2. The minimum absolute atomic E-state index is 0.302. The van der Waals surface area contributed by atoms with E-state index in [1.165, 1.54) is 98.1 Å². The van der Waals surface area contributed by atoms with Crippen LogP contribution in [0.4, 0.5) is 0 Å². The molecule has 0 spiro atoms. The van der Waals surface area contributed by atoms with Gasteiger partial charge in [-0.25, -0.2) is 0 Å². The summed E-state index contributed by atoms with van der Waals surface area (Å²) in [5, 5.41) is 2.69. The lowest BCUT2D eigenvalue weighted by Crippen LogP contribution is -2.28. The molecule has 2 atom stereocenters. The van der Waals surface area contributed by atoms with Gasteiger partial charge in [-0.3, -0.25) is 0 Å². The second-order valence-electron chi connectivity index (χ2n) is 17.1. The zero-order chi connectivity index (χ0) is 40.3. The van der Waals surface area contributed by atoms with Crippen molar-refractivity contribution in [2.75, 3.05) is 0 Å². The smallest absolute Gasteiger partial charge is 0.0727 e. The van der Waals surface area contributed by atoms with Crippen molar-refractivity contribution in [3.63, 3.8) is 0 Å². The molecule has 0 amide bonds. The molecule has 1 heterocycles. The summed E-state index contributed by atoms with van der Waals surface area (Å²) in [6, 6.07) is 82.4. The minimum atomic E-state index is -0.432. The summed E-state index contributed by atoms with van der Waals surface area (Å²) in [7, 11) is 0. The molecule has 12 rings (SSSR count). The predicted molar refractivity (Wildman–Crippen MR) is 257 cm³/mol. The van der Waals surface area contributed by atoms with Gasteiger partial charge >= 0.3 is 0 Å². The molecule has 0 fully saturated rings. The largest absolute Gasteiger partial charge is 0.135 e. The monoisotopic (exact) mass is 796 g/mol. The molecule has 0 saturated heterocycles. The van der Waals surface area contributed by atoms with E-state index in [4.69, 9.17) is 0 Å². The predicted octanol–water partition coefficient (Wildman–Crippen LogP) is 15.3. The molecule has 61 heavy (non-hydrogen) atoms. The fourth-order valence-electron chi connectivity index (χ4n) is 11.1. The molecule has 290 valence electrons. The molecular weight excluding hydrogens is 753 g/mol. The van der Waals surface area contributed by atoms with Gasteiger partial charge in [-0.05, 0) is 115 Å². The van der Waals surface area contributed by atoms with Crippen molar-refractivity contribution in [1.82, 2.24) is 0 Å². The molecule has 0 bridgehead atoms. The van der Waals surface area contributed by atoms with Gasteiger partial charge in [0.1, 0.15) is 0 Å². The molecule has 2 aliphatic carbocycles. The molecule has 1 aromatic heterocycles. The molecule has 9 aromatic carbocycles. The molecule has 0 N–H and O–H groups in total. The van der Waals surface area contributed by atoms with E-state index in [0.29, 0.717) is 11.8 Å². The van der Waals surface area contributed by atoms with Crippen LogP contribution in [0.2, 0.25) is 0 Å². The zero-order valence-electron chi connectivity index (χ0n) is 34.0. The molecule has 2 unspecified atom stereocenters. The highest BCUT2D eigenvalue weighted by molar-refractivity contribution is 7.26. The molecule has 2 aliphatic rings. The van der Waals surface area contributed by atoms with Crippen LogP contribution in [0.3, 0.4) is 0 Å². The van der Waals surface area contributed by atoms with Crippen LogP contribution in [0.25, 0.3) is 42.4 Å². The fraction of sp³-hybridized carbons (Fsp3) is 0.100. The third-order valence-electron chi connectivity index (χ3n) is 13.8. The lowest BCUT2D eigenvalue weighted by molar-refractivity contribution is 0.680. The van der Waals surface area contributed by atoms with Crippen LogP contribution in [0.5, 0.6) is 0 Å². The Labute approximate surface area is 362 Å². The molecule has 0 saturated carbocycles. The first kappa shape index (κ1) is 36.1. The summed E-state index contributed by atoms with van der Waals surface area (Å²) in [5.41, 5.74) is 18.8. The molecular formula is C60H44S. The highest BCUT2D eigenvalue weighted by Crippen LogP contribution is 2.58. The summed E-state index contributed by atoms with van der Waals surface area (Å²) in [4.78, 5) is 0. The van der Waals surface area contributed by atoms with Crippen LogP contribution in [0.15, 0.2) is 218 Å². The molecule has 0 nitrogen and oxygen atoms in total. The Morgan fingerprint density at radius 2 is 1.08 bits per heavy atom. The number of benzene rings is 9. The Balaban J connectivity index is 0.999. The van der Waals surface area contributed by atoms with Gasteiger partial charge in [0.15, 0.2) is 0 Å². The van der Waals surface area contributed by atoms with Gasteiger partial charge < -0.3 is 0 Å². The standard InChI is InChI=1S/C60H44S/c1-4-17-40(18-5-1)35-45(36-41-31-33-48-52(42-19-6-2-7-20-42)39-44-21-10-11-24-47(44)53(48)37-41)43-32-34-58-54(38-43)51-27-16-30-57(59(51)61-58)60(46-22-8-3-9-23-46)55-28-14-12-25-49(55)50-26-13-15-29-56(50)60/h1-34,37-38,45,52H,35-36,39H2.